The summed E-state index contributed by atoms with van der Waals surface area (Å²) in [5, 5.41) is 14.7. The van der Waals surface area contributed by atoms with Crippen LogP contribution in [0.5, 0.6) is 0 Å². The minimum atomic E-state index is -0.638. The first-order valence-corrected chi connectivity index (χ1v) is 8.56. The van der Waals surface area contributed by atoms with Crippen LogP contribution in [-0.4, -0.2) is 22.5 Å². The topological polar surface area (TPSA) is 96.3 Å². The summed E-state index contributed by atoms with van der Waals surface area (Å²) in [6, 6.07) is 11.0. The molecule has 3 N–H and O–H groups in total. The van der Waals surface area contributed by atoms with Gasteiger partial charge < -0.3 is 5.32 Å². The molecule has 0 aliphatic rings. The lowest BCUT2D eigenvalue weighted by molar-refractivity contribution is -0.384. The molecule has 1 amide bonds. The highest BCUT2D eigenvalue weighted by molar-refractivity contribution is 7.80. The van der Waals surface area contributed by atoms with Gasteiger partial charge in [0.1, 0.15) is 0 Å². The first-order valence-electron chi connectivity index (χ1n) is 7.39. The fourth-order valence-electron chi connectivity index (χ4n) is 2.00. The van der Waals surface area contributed by atoms with Crippen LogP contribution in [0, 0.1) is 10.1 Å². The second-order valence-electron chi connectivity index (χ2n) is 5.13. The van der Waals surface area contributed by atoms with Crippen molar-refractivity contribution in [2.75, 3.05) is 6.54 Å². The number of benzene rings is 2. The summed E-state index contributed by atoms with van der Waals surface area (Å²) in [6.07, 6.45) is 0.712. The van der Waals surface area contributed by atoms with Gasteiger partial charge in [-0.05, 0) is 42.4 Å². The van der Waals surface area contributed by atoms with Crippen LogP contribution in [0.1, 0.15) is 15.9 Å². The molecule has 0 saturated carbocycles. The Labute approximate surface area is 164 Å². The number of hydrazine groups is 1. The molecule has 0 aliphatic carbocycles. The largest absolute Gasteiger partial charge is 0.361 e. The van der Waals surface area contributed by atoms with Crippen molar-refractivity contribution in [2.24, 2.45) is 0 Å². The number of carbonyl (C=O) groups excluding carboxylic acids is 1. The van der Waals surface area contributed by atoms with Crippen molar-refractivity contribution in [2.45, 2.75) is 6.42 Å². The summed E-state index contributed by atoms with van der Waals surface area (Å²) in [5.74, 6) is -0.638. The smallest absolute Gasteiger partial charge is 0.271 e. The number of hydrogen-bond acceptors (Lipinski definition) is 4. The van der Waals surface area contributed by atoms with Gasteiger partial charge in [0, 0.05) is 23.7 Å². The zero-order valence-electron chi connectivity index (χ0n) is 13.3. The highest BCUT2D eigenvalue weighted by Gasteiger charge is 2.15. The normalized spacial score (nSPS) is 10.1. The summed E-state index contributed by atoms with van der Waals surface area (Å²) >= 11 is 16.8. The van der Waals surface area contributed by atoms with E-state index in [2.05, 4.69) is 16.2 Å². The lowest BCUT2D eigenvalue weighted by atomic mass is 10.1. The Hall–Kier alpha value is -2.42. The van der Waals surface area contributed by atoms with Crippen molar-refractivity contribution in [3.63, 3.8) is 0 Å². The lowest BCUT2D eigenvalue weighted by Crippen LogP contribution is -2.47. The number of nitrogens with zero attached hydrogens (tertiary/aromatic N) is 1. The molecule has 0 radical (unpaired) electrons. The van der Waals surface area contributed by atoms with Gasteiger partial charge in [0.15, 0.2) is 5.11 Å². The predicted molar refractivity (Wildman–Crippen MR) is 104 cm³/mol. The Morgan fingerprint density at radius 1 is 1.12 bits per heavy atom. The number of nitro benzene ring substituents is 1. The van der Waals surface area contributed by atoms with E-state index in [1.54, 1.807) is 12.1 Å². The quantitative estimate of drug-likeness (QED) is 0.396. The van der Waals surface area contributed by atoms with Gasteiger partial charge in [-0.3, -0.25) is 25.8 Å². The molecule has 26 heavy (non-hydrogen) atoms. The summed E-state index contributed by atoms with van der Waals surface area (Å²) in [4.78, 5) is 22.3. The molecule has 0 atom stereocenters. The van der Waals surface area contributed by atoms with Crippen LogP contribution >= 0.6 is 35.4 Å². The van der Waals surface area contributed by atoms with E-state index >= 15 is 0 Å². The summed E-state index contributed by atoms with van der Waals surface area (Å²) in [5.41, 5.74) is 5.69. The van der Waals surface area contributed by atoms with Crippen LogP contribution in [-0.2, 0) is 6.42 Å². The van der Waals surface area contributed by atoms with Crippen LogP contribution in [0.15, 0.2) is 42.5 Å². The third-order valence-electron chi connectivity index (χ3n) is 3.31. The fourth-order valence-corrected chi connectivity index (χ4v) is 2.48. The number of halogens is 2. The van der Waals surface area contributed by atoms with Crippen molar-refractivity contribution < 1.29 is 9.72 Å². The monoisotopic (exact) mass is 412 g/mol. The Kier molecular flexibility index (Phi) is 7.14. The molecule has 10 heteroatoms. The molecule has 7 nitrogen and oxygen atoms in total. The summed E-state index contributed by atoms with van der Waals surface area (Å²) in [7, 11) is 0. The van der Waals surface area contributed by atoms with Gasteiger partial charge in [0.25, 0.3) is 11.6 Å². The number of nitro groups is 1. The average molecular weight is 413 g/mol. The van der Waals surface area contributed by atoms with Gasteiger partial charge in [-0.15, -0.1) is 0 Å². The SMILES string of the molecule is O=C(NNC(=S)NCCc1ccc(Cl)cc1)c1cc([N+](=O)[O-])ccc1Cl. The van der Waals surface area contributed by atoms with Crippen molar-refractivity contribution in [3.8, 4) is 0 Å². The molecule has 0 spiro atoms. The number of hydrogen-bond donors (Lipinski definition) is 3. The first kappa shape index (κ1) is 19.9. The van der Waals surface area contributed by atoms with Crippen LogP contribution in [0.2, 0.25) is 10.0 Å². The Bertz CT molecular complexity index is 831. The lowest BCUT2D eigenvalue weighted by Gasteiger charge is -2.12. The molecule has 0 heterocycles. The average Bonchev–Trinajstić information content (AvgIpc) is 2.61. The first-order chi connectivity index (χ1) is 12.4. The Morgan fingerprint density at radius 3 is 2.46 bits per heavy atom. The van der Waals surface area contributed by atoms with Crippen LogP contribution in [0.4, 0.5) is 5.69 Å². The minimum absolute atomic E-state index is 0.0302. The van der Waals surface area contributed by atoms with Gasteiger partial charge >= 0.3 is 0 Å². The van der Waals surface area contributed by atoms with E-state index in [4.69, 9.17) is 35.4 Å². The second kappa shape index (κ2) is 9.33. The number of carbonyl (C=O) groups is 1. The Morgan fingerprint density at radius 2 is 1.81 bits per heavy atom. The second-order valence-corrected chi connectivity index (χ2v) is 6.38. The molecule has 0 unspecified atom stereocenters. The van der Waals surface area contributed by atoms with Crippen molar-refractivity contribution in [1.29, 1.82) is 0 Å². The number of nitrogens with one attached hydrogen (secondary N) is 3. The van der Waals surface area contributed by atoms with Crippen LogP contribution in [0.3, 0.4) is 0 Å². The molecule has 0 saturated heterocycles. The molecule has 0 bridgehead atoms. The van der Waals surface area contributed by atoms with Gasteiger partial charge in [0.05, 0.1) is 15.5 Å². The molecule has 0 fully saturated rings. The Balaban J connectivity index is 1.81. The third-order valence-corrected chi connectivity index (χ3v) is 4.14. The van der Waals surface area contributed by atoms with E-state index in [1.165, 1.54) is 12.1 Å². The van der Waals surface area contributed by atoms with Crippen LogP contribution < -0.4 is 16.2 Å². The standard InChI is InChI=1S/C16H14Cl2N4O3S/c17-11-3-1-10(2-4-11)7-8-19-16(26)21-20-15(23)13-9-12(22(24)25)5-6-14(13)18/h1-6,9H,7-8H2,(H,20,23)(H2,19,21,26). The number of non-ortho nitro benzene ring substituents is 1. The molecule has 2 aromatic rings. The molecule has 136 valence electrons. The van der Waals surface area contributed by atoms with E-state index in [1.807, 2.05) is 12.1 Å². The molecular formula is C16H14Cl2N4O3S. The number of amides is 1. The fraction of sp³-hybridized carbons (Fsp3) is 0.125. The van der Waals surface area contributed by atoms with Gasteiger partial charge in [0.2, 0.25) is 0 Å². The maximum Gasteiger partial charge on any atom is 0.271 e. The molecular weight excluding hydrogens is 399 g/mol. The van der Waals surface area contributed by atoms with Crippen molar-refractivity contribution in [1.82, 2.24) is 16.2 Å². The summed E-state index contributed by atoms with van der Waals surface area (Å²) in [6.45, 7) is 0.543. The highest BCUT2D eigenvalue weighted by Crippen LogP contribution is 2.21. The van der Waals surface area contributed by atoms with E-state index in [-0.39, 0.29) is 21.4 Å². The molecule has 2 aromatic carbocycles. The number of thiocarbonyl (C=S) groups is 1. The van der Waals surface area contributed by atoms with E-state index in [9.17, 15) is 14.9 Å². The number of rotatable bonds is 5. The van der Waals surface area contributed by atoms with Gasteiger partial charge in [-0.2, -0.15) is 0 Å². The van der Waals surface area contributed by atoms with E-state index in [0.29, 0.717) is 18.0 Å². The van der Waals surface area contributed by atoms with Gasteiger partial charge in [-0.25, -0.2) is 0 Å². The van der Waals surface area contributed by atoms with Crippen LogP contribution in [0.25, 0.3) is 0 Å². The zero-order valence-corrected chi connectivity index (χ0v) is 15.6. The minimum Gasteiger partial charge on any atom is -0.361 e. The molecule has 0 aromatic heterocycles. The third kappa shape index (κ3) is 5.83. The highest BCUT2D eigenvalue weighted by atomic mass is 35.5. The predicted octanol–water partition coefficient (Wildman–Crippen LogP) is 3.25. The van der Waals surface area contributed by atoms with Crippen molar-refractivity contribution >= 4 is 52.1 Å². The molecule has 2 rings (SSSR count). The maximum absolute atomic E-state index is 12.1. The maximum atomic E-state index is 12.1. The van der Waals surface area contributed by atoms with Gasteiger partial charge in [-0.1, -0.05) is 35.3 Å². The summed E-state index contributed by atoms with van der Waals surface area (Å²) < 4.78 is 0. The van der Waals surface area contributed by atoms with E-state index in [0.717, 1.165) is 11.6 Å². The molecule has 0 aliphatic heterocycles. The van der Waals surface area contributed by atoms with E-state index < -0.39 is 10.8 Å². The van der Waals surface area contributed by atoms with Crippen molar-refractivity contribution in [3.05, 3.63) is 73.8 Å². The zero-order chi connectivity index (χ0) is 19.1.